The molecule has 19 heavy (non-hydrogen) atoms. The monoisotopic (exact) mass is 262 g/mol. The number of rotatable bonds is 4. The summed E-state index contributed by atoms with van der Waals surface area (Å²) in [5, 5.41) is 0. The van der Waals surface area contributed by atoms with E-state index in [9.17, 15) is 4.79 Å². The van der Waals surface area contributed by atoms with E-state index in [4.69, 9.17) is 16.2 Å². The first kappa shape index (κ1) is 13.9. The van der Waals surface area contributed by atoms with E-state index in [0.717, 1.165) is 30.8 Å². The predicted octanol–water partition coefficient (Wildman–Crippen LogP) is 1.91. The highest BCUT2D eigenvalue weighted by atomic mass is 16.5. The third kappa shape index (κ3) is 3.07. The Hall–Kier alpha value is -1.55. The van der Waals surface area contributed by atoms with Crippen LogP contribution >= 0.6 is 0 Å². The van der Waals surface area contributed by atoms with E-state index in [1.807, 2.05) is 26.0 Å². The lowest BCUT2D eigenvalue weighted by molar-refractivity contribution is -0.126. The van der Waals surface area contributed by atoms with Crippen LogP contribution in [-0.4, -0.2) is 12.5 Å². The molecular formula is C15H22N2O2. The molecule has 1 aliphatic rings. The van der Waals surface area contributed by atoms with Crippen molar-refractivity contribution in [3.05, 3.63) is 29.3 Å². The third-order valence-electron chi connectivity index (χ3n) is 3.76. The van der Waals surface area contributed by atoms with Gasteiger partial charge in [0.15, 0.2) is 0 Å². The average Bonchev–Trinajstić information content (AvgIpc) is 2.37. The van der Waals surface area contributed by atoms with Gasteiger partial charge in [0.1, 0.15) is 5.75 Å². The molecule has 4 heteroatoms. The average molecular weight is 262 g/mol. The molecule has 0 aromatic heterocycles. The van der Waals surface area contributed by atoms with Gasteiger partial charge in [0.25, 0.3) is 0 Å². The van der Waals surface area contributed by atoms with Crippen molar-refractivity contribution in [3.8, 4) is 5.75 Å². The first-order chi connectivity index (χ1) is 8.90. The molecule has 0 spiro atoms. The second-order valence-corrected chi connectivity index (χ2v) is 5.88. The van der Waals surface area contributed by atoms with Crippen LogP contribution < -0.4 is 16.2 Å². The van der Waals surface area contributed by atoms with Gasteiger partial charge in [0.05, 0.1) is 6.61 Å². The Balaban J connectivity index is 2.15. The van der Waals surface area contributed by atoms with Crippen LogP contribution in [0, 0.1) is 5.41 Å². The smallest absolute Gasteiger partial charge is 0.223 e. The second-order valence-electron chi connectivity index (χ2n) is 5.88. The molecule has 1 unspecified atom stereocenters. The van der Waals surface area contributed by atoms with Crippen LogP contribution in [-0.2, 0) is 11.2 Å². The van der Waals surface area contributed by atoms with Gasteiger partial charge in [-0.3, -0.25) is 4.79 Å². The Morgan fingerprint density at radius 2 is 2.21 bits per heavy atom. The lowest BCUT2D eigenvalue weighted by Gasteiger charge is -2.26. The number of primary amides is 1. The SMILES string of the molecule is CC(C)(CC(N)c1ccc2c(c1)CCCO2)C(N)=O. The topological polar surface area (TPSA) is 78.3 Å². The third-order valence-corrected chi connectivity index (χ3v) is 3.76. The molecule has 0 saturated carbocycles. The molecule has 1 aromatic carbocycles. The van der Waals surface area contributed by atoms with Gasteiger partial charge in [-0.1, -0.05) is 26.0 Å². The summed E-state index contributed by atoms with van der Waals surface area (Å²) in [5.41, 5.74) is 13.3. The largest absolute Gasteiger partial charge is 0.493 e. The van der Waals surface area contributed by atoms with E-state index in [2.05, 4.69) is 6.07 Å². The van der Waals surface area contributed by atoms with E-state index >= 15 is 0 Å². The fourth-order valence-electron chi connectivity index (χ4n) is 2.38. The summed E-state index contributed by atoms with van der Waals surface area (Å²) in [4.78, 5) is 11.4. The molecule has 1 amide bonds. The fraction of sp³-hybridized carbons (Fsp3) is 0.533. The van der Waals surface area contributed by atoms with Gasteiger partial charge < -0.3 is 16.2 Å². The van der Waals surface area contributed by atoms with Crippen LogP contribution in [0.5, 0.6) is 5.75 Å². The highest BCUT2D eigenvalue weighted by molar-refractivity contribution is 5.79. The van der Waals surface area contributed by atoms with E-state index < -0.39 is 5.41 Å². The summed E-state index contributed by atoms with van der Waals surface area (Å²) in [6.07, 6.45) is 2.61. The molecule has 1 aliphatic heterocycles. The number of aryl methyl sites for hydroxylation is 1. The lowest BCUT2D eigenvalue weighted by atomic mass is 9.83. The molecule has 0 radical (unpaired) electrons. The van der Waals surface area contributed by atoms with Crippen molar-refractivity contribution in [1.29, 1.82) is 0 Å². The highest BCUT2D eigenvalue weighted by Gasteiger charge is 2.28. The summed E-state index contributed by atoms with van der Waals surface area (Å²) in [6.45, 7) is 4.44. The van der Waals surface area contributed by atoms with Gasteiger partial charge in [-0.15, -0.1) is 0 Å². The number of hydrogen-bond acceptors (Lipinski definition) is 3. The zero-order valence-corrected chi connectivity index (χ0v) is 11.6. The number of carbonyl (C=O) groups is 1. The molecule has 1 aromatic rings. The van der Waals surface area contributed by atoms with Crippen molar-refractivity contribution in [2.75, 3.05) is 6.61 Å². The molecule has 2 rings (SSSR count). The zero-order chi connectivity index (χ0) is 14.0. The first-order valence-corrected chi connectivity index (χ1v) is 6.71. The number of fused-ring (bicyclic) bond motifs is 1. The maximum atomic E-state index is 11.4. The van der Waals surface area contributed by atoms with Gasteiger partial charge in [-0.05, 0) is 36.5 Å². The Bertz CT molecular complexity index is 483. The van der Waals surface area contributed by atoms with E-state index in [1.54, 1.807) is 0 Å². The quantitative estimate of drug-likeness (QED) is 0.870. The predicted molar refractivity (Wildman–Crippen MR) is 74.8 cm³/mol. The lowest BCUT2D eigenvalue weighted by Crippen LogP contribution is -2.34. The van der Waals surface area contributed by atoms with Crippen LogP contribution in [0.1, 0.15) is 43.9 Å². The highest BCUT2D eigenvalue weighted by Crippen LogP contribution is 2.32. The van der Waals surface area contributed by atoms with Crippen LogP contribution in [0.4, 0.5) is 0 Å². The molecule has 104 valence electrons. The number of carbonyl (C=O) groups excluding carboxylic acids is 1. The van der Waals surface area contributed by atoms with Crippen LogP contribution in [0.25, 0.3) is 0 Å². The molecule has 4 nitrogen and oxygen atoms in total. The normalized spacial score (nSPS) is 16.4. The molecule has 4 N–H and O–H groups in total. The van der Waals surface area contributed by atoms with E-state index in [1.165, 1.54) is 5.56 Å². The summed E-state index contributed by atoms with van der Waals surface area (Å²) >= 11 is 0. The number of benzene rings is 1. The van der Waals surface area contributed by atoms with Crippen molar-refractivity contribution in [1.82, 2.24) is 0 Å². The summed E-state index contributed by atoms with van der Waals surface area (Å²) in [7, 11) is 0. The van der Waals surface area contributed by atoms with Crippen molar-refractivity contribution >= 4 is 5.91 Å². The van der Waals surface area contributed by atoms with Crippen molar-refractivity contribution in [2.45, 2.75) is 39.2 Å². The maximum absolute atomic E-state index is 11.4. The zero-order valence-electron chi connectivity index (χ0n) is 11.6. The Kier molecular flexibility index (Phi) is 3.80. The number of nitrogens with two attached hydrogens (primary N) is 2. The molecule has 1 heterocycles. The fourth-order valence-corrected chi connectivity index (χ4v) is 2.38. The minimum atomic E-state index is -0.591. The van der Waals surface area contributed by atoms with Gasteiger partial charge >= 0.3 is 0 Å². The van der Waals surface area contributed by atoms with Gasteiger partial charge in [0.2, 0.25) is 5.91 Å². The summed E-state index contributed by atoms with van der Waals surface area (Å²) in [5.74, 6) is 0.639. The van der Waals surface area contributed by atoms with Crippen LogP contribution in [0.2, 0.25) is 0 Å². The molecule has 0 aliphatic carbocycles. The summed E-state index contributed by atoms with van der Waals surface area (Å²) in [6, 6.07) is 5.86. The van der Waals surface area contributed by atoms with Crippen molar-refractivity contribution in [2.24, 2.45) is 16.9 Å². The van der Waals surface area contributed by atoms with Crippen molar-refractivity contribution < 1.29 is 9.53 Å². The van der Waals surface area contributed by atoms with E-state index in [0.29, 0.717) is 6.42 Å². The second kappa shape index (κ2) is 5.21. The standard InChI is InChI=1S/C15H22N2O2/c1-15(2,14(17)18)9-12(16)10-5-6-13-11(8-10)4-3-7-19-13/h5-6,8,12H,3-4,7,9,16H2,1-2H3,(H2,17,18). The van der Waals surface area contributed by atoms with Crippen LogP contribution in [0.15, 0.2) is 18.2 Å². The minimum Gasteiger partial charge on any atom is -0.493 e. The minimum absolute atomic E-state index is 0.185. The number of ether oxygens (including phenoxy) is 1. The number of amides is 1. The molecule has 0 saturated heterocycles. The first-order valence-electron chi connectivity index (χ1n) is 6.71. The Morgan fingerprint density at radius 1 is 1.47 bits per heavy atom. The molecule has 0 bridgehead atoms. The summed E-state index contributed by atoms with van der Waals surface area (Å²) < 4.78 is 5.58. The van der Waals surface area contributed by atoms with Crippen molar-refractivity contribution in [3.63, 3.8) is 0 Å². The van der Waals surface area contributed by atoms with Crippen LogP contribution in [0.3, 0.4) is 0 Å². The maximum Gasteiger partial charge on any atom is 0.223 e. The molecule has 0 fully saturated rings. The Labute approximate surface area is 114 Å². The number of hydrogen-bond donors (Lipinski definition) is 2. The molecular weight excluding hydrogens is 240 g/mol. The van der Waals surface area contributed by atoms with Gasteiger partial charge in [0, 0.05) is 11.5 Å². The van der Waals surface area contributed by atoms with E-state index in [-0.39, 0.29) is 11.9 Å². The van der Waals surface area contributed by atoms with Gasteiger partial charge in [-0.2, -0.15) is 0 Å². The van der Waals surface area contributed by atoms with Gasteiger partial charge in [-0.25, -0.2) is 0 Å². The Morgan fingerprint density at radius 3 is 2.89 bits per heavy atom. The molecule has 1 atom stereocenters.